The highest BCUT2D eigenvalue weighted by atomic mass is 32.1. The fraction of sp³-hybridized carbons (Fsp3) is 0.158. The number of nitrogens with zero attached hydrogens (tertiary/aromatic N) is 3. The third kappa shape index (κ3) is 4.12. The summed E-state index contributed by atoms with van der Waals surface area (Å²) in [6.45, 7) is 2.46. The Morgan fingerprint density at radius 1 is 1.33 bits per heavy atom. The van der Waals surface area contributed by atoms with Gasteiger partial charge in [0.05, 0.1) is 16.2 Å². The summed E-state index contributed by atoms with van der Waals surface area (Å²) in [6.07, 6.45) is 2.81. The Kier molecular flexibility index (Phi) is 5.46. The van der Waals surface area contributed by atoms with Crippen LogP contribution in [-0.2, 0) is 11.8 Å². The van der Waals surface area contributed by atoms with Crippen molar-refractivity contribution in [3.8, 4) is 5.75 Å². The molecule has 0 unspecified atom stereocenters. The molecule has 3 rings (SSSR count). The first-order chi connectivity index (χ1) is 13.0. The summed E-state index contributed by atoms with van der Waals surface area (Å²) in [5.41, 5.74) is 1.42. The van der Waals surface area contributed by atoms with Gasteiger partial charge < -0.3 is 9.30 Å². The molecule has 3 aromatic rings. The number of fused-ring (bicyclic) bond motifs is 1. The van der Waals surface area contributed by atoms with E-state index in [-0.39, 0.29) is 5.69 Å². The number of carbonyl (C=O) groups excluding carboxylic acids is 1. The number of hydrogen-bond acceptors (Lipinski definition) is 5. The summed E-state index contributed by atoms with van der Waals surface area (Å²) in [7, 11) is 1.83. The van der Waals surface area contributed by atoms with Gasteiger partial charge in [-0.1, -0.05) is 29.5 Å². The molecule has 0 aliphatic carbocycles. The first-order valence-corrected chi connectivity index (χ1v) is 9.04. The van der Waals surface area contributed by atoms with E-state index >= 15 is 0 Å². The fourth-order valence-corrected chi connectivity index (χ4v) is 3.63. The summed E-state index contributed by atoms with van der Waals surface area (Å²) >= 11 is 1.39. The Morgan fingerprint density at radius 2 is 2.11 bits per heavy atom. The molecule has 27 heavy (non-hydrogen) atoms. The van der Waals surface area contributed by atoms with Crippen molar-refractivity contribution in [2.45, 2.75) is 6.92 Å². The van der Waals surface area contributed by atoms with Gasteiger partial charge in [-0.2, -0.15) is 4.99 Å². The van der Waals surface area contributed by atoms with Crippen molar-refractivity contribution in [3.05, 3.63) is 69.0 Å². The highest BCUT2D eigenvalue weighted by molar-refractivity contribution is 7.16. The number of non-ortho nitro benzene ring substituents is 1. The zero-order valence-corrected chi connectivity index (χ0v) is 15.6. The Bertz CT molecular complexity index is 1110. The molecule has 0 radical (unpaired) electrons. The van der Waals surface area contributed by atoms with Crippen molar-refractivity contribution in [3.63, 3.8) is 0 Å². The number of amides is 1. The van der Waals surface area contributed by atoms with Crippen LogP contribution in [0.25, 0.3) is 16.3 Å². The molecule has 7 nitrogen and oxygen atoms in total. The number of nitro groups is 1. The van der Waals surface area contributed by atoms with E-state index in [4.69, 9.17) is 4.74 Å². The molecule has 0 aliphatic rings. The van der Waals surface area contributed by atoms with Crippen LogP contribution in [0.2, 0.25) is 0 Å². The molecule has 0 aliphatic heterocycles. The quantitative estimate of drug-likeness (QED) is 0.382. The Hall–Kier alpha value is -3.26. The van der Waals surface area contributed by atoms with E-state index in [1.807, 2.05) is 36.7 Å². The van der Waals surface area contributed by atoms with Gasteiger partial charge in [0.15, 0.2) is 4.80 Å². The summed E-state index contributed by atoms with van der Waals surface area (Å²) in [4.78, 5) is 27.2. The predicted molar refractivity (Wildman–Crippen MR) is 105 cm³/mol. The maximum atomic E-state index is 12.2. The van der Waals surface area contributed by atoms with E-state index in [1.165, 1.54) is 35.6 Å². The fourth-order valence-electron chi connectivity index (χ4n) is 2.59. The Labute approximate surface area is 159 Å². The van der Waals surface area contributed by atoms with Crippen molar-refractivity contribution >= 4 is 39.2 Å². The average Bonchev–Trinajstić information content (AvgIpc) is 2.97. The number of thiazole rings is 1. The van der Waals surface area contributed by atoms with Gasteiger partial charge in [-0.05, 0) is 30.7 Å². The van der Waals surface area contributed by atoms with Gasteiger partial charge in [0.2, 0.25) is 0 Å². The molecule has 0 bridgehead atoms. The van der Waals surface area contributed by atoms with Gasteiger partial charge >= 0.3 is 0 Å². The highest BCUT2D eigenvalue weighted by Crippen LogP contribution is 2.26. The van der Waals surface area contributed by atoms with Crippen molar-refractivity contribution < 1.29 is 14.5 Å². The van der Waals surface area contributed by atoms with E-state index in [9.17, 15) is 14.9 Å². The minimum Gasteiger partial charge on any atom is -0.492 e. The molecule has 1 amide bonds. The summed E-state index contributed by atoms with van der Waals surface area (Å²) in [5.74, 6) is 0.302. The number of benzene rings is 2. The molecule has 0 N–H and O–H groups in total. The Morgan fingerprint density at radius 3 is 2.85 bits per heavy atom. The van der Waals surface area contributed by atoms with Crippen LogP contribution in [0.3, 0.4) is 0 Å². The molecule has 1 aromatic heterocycles. The predicted octanol–water partition coefficient (Wildman–Crippen LogP) is 3.69. The topological polar surface area (TPSA) is 86.7 Å². The molecule has 8 heteroatoms. The summed E-state index contributed by atoms with van der Waals surface area (Å²) in [6, 6.07) is 11.8. The Balaban J connectivity index is 1.91. The van der Waals surface area contributed by atoms with Crippen LogP contribution in [0.15, 0.2) is 53.5 Å². The van der Waals surface area contributed by atoms with Gasteiger partial charge in [0, 0.05) is 25.3 Å². The molecule has 0 atom stereocenters. The normalized spacial score (nSPS) is 12.0. The number of aromatic nitrogens is 1. The minimum atomic E-state index is -0.475. The van der Waals surface area contributed by atoms with Crippen LogP contribution in [0.4, 0.5) is 5.69 Å². The SMILES string of the molecule is CCOc1cccc2sc(=NC(=O)/C=C/c3cccc([N+](=O)[O-])c3)n(C)c12. The lowest BCUT2D eigenvalue weighted by Crippen LogP contribution is -2.12. The molecular weight excluding hydrogens is 366 g/mol. The van der Waals surface area contributed by atoms with E-state index in [1.54, 1.807) is 12.1 Å². The smallest absolute Gasteiger partial charge is 0.272 e. The monoisotopic (exact) mass is 383 g/mol. The maximum Gasteiger partial charge on any atom is 0.272 e. The summed E-state index contributed by atoms with van der Waals surface area (Å²) in [5, 5.41) is 10.8. The van der Waals surface area contributed by atoms with Gasteiger partial charge in [-0.15, -0.1) is 0 Å². The number of ether oxygens (including phenoxy) is 1. The van der Waals surface area contributed by atoms with Crippen LogP contribution in [0.1, 0.15) is 12.5 Å². The molecular formula is C19H17N3O4S. The second-order valence-electron chi connectivity index (χ2n) is 5.62. The third-order valence-electron chi connectivity index (χ3n) is 3.79. The molecule has 0 saturated carbocycles. The number of nitro benzene ring substituents is 1. The van der Waals surface area contributed by atoms with Crippen molar-refractivity contribution in [1.82, 2.24) is 4.57 Å². The first kappa shape index (κ1) is 18.5. The van der Waals surface area contributed by atoms with E-state index in [0.717, 1.165) is 16.0 Å². The highest BCUT2D eigenvalue weighted by Gasteiger charge is 2.09. The second-order valence-corrected chi connectivity index (χ2v) is 6.62. The lowest BCUT2D eigenvalue weighted by molar-refractivity contribution is -0.384. The van der Waals surface area contributed by atoms with Gasteiger partial charge in [0.25, 0.3) is 11.6 Å². The van der Waals surface area contributed by atoms with Crippen molar-refractivity contribution in [1.29, 1.82) is 0 Å². The number of carbonyl (C=O) groups is 1. The number of rotatable bonds is 5. The average molecular weight is 383 g/mol. The number of hydrogen-bond donors (Lipinski definition) is 0. The summed E-state index contributed by atoms with van der Waals surface area (Å²) < 4.78 is 8.44. The molecule has 138 valence electrons. The molecule has 2 aromatic carbocycles. The first-order valence-electron chi connectivity index (χ1n) is 8.22. The molecule has 0 saturated heterocycles. The van der Waals surface area contributed by atoms with E-state index in [0.29, 0.717) is 17.0 Å². The minimum absolute atomic E-state index is 0.0269. The number of aryl methyl sites for hydroxylation is 1. The van der Waals surface area contributed by atoms with Gasteiger partial charge in [0.1, 0.15) is 11.3 Å². The lowest BCUT2D eigenvalue weighted by atomic mass is 10.2. The maximum absolute atomic E-state index is 12.2. The van der Waals surface area contributed by atoms with Gasteiger partial charge in [-0.25, -0.2) is 0 Å². The van der Waals surface area contributed by atoms with Crippen LogP contribution in [0.5, 0.6) is 5.75 Å². The molecule has 0 fully saturated rings. The largest absolute Gasteiger partial charge is 0.492 e. The molecule has 1 heterocycles. The zero-order valence-electron chi connectivity index (χ0n) is 14.8. The van der Waals surface area contributed by atoms with Crippen LogP contribution in [-0.4, -0.2) is 22.0 Å². The van der Waals surface area contributed by atoms with E-state index in [2.05, 4.69) is 4.99 Å². The van der Waals surface area contributed by atoms with E-state index < -0.39 is 10.8 Å². The van der Waals surface area contributed by atoms with Gasteiger partial charge in [-0.3, -0.25) is 14.9 Å². The van der Waals surface area contributed by atoms with Crippen LogP contribution < -0.4 is 9.54 Å². The number of para-hydroxylation sites is 1. The lowest BCUT2D eigenvalue weighted by Gasteiger charge is -2.05. The second kappa shape index (κ2) is 7.96. The molecule has 0 spiro atoms. The van der Waals surface area contributed by atoms with Crippen LogP contribution >= 0.6 is 11.3 Å². The van der Waals surface area contributed by atoms with Crippen molar-refractivity contribution in [2.24, 2.45) is 12.0 Å². The van der Waals surface area contributed by atoms with Crippen molar-refractivity contribution in [2.75, 3.05) is 6.61 Å². The standard InChI is InChI=1S/C19H17N3O4S/c1-3-26-15-8-5-9-16-18(15)21(2)19(27-16)20-17(23)11-10-13-6-4-7-14(12-13)22(24)25/h4-12H,3H2,1-2H3/b11-10+,20-19?. The zero-order chi connectivity index (χ0) is 19.4. The third-order valence-corrected chi connectivity index (χ3v) is 4.89. The van der Waals surface area contributed by atoms with Crippen LogP contribution in [0, 0.1) is 10.1 Å².